The molecule has 0 amide bonds. The molecule has 1 aliphatic rings. The van der Waals surface area contributed by atoms with Gasteiger partial charge in [0.25, 0.3) is 0 Å². The van der Waals surface area contributed by atoms with Gasteiger partial charge in [-0.15, -0.1) is 25.3 Å². The van der Waals surface area contributed by atoms with E-state index in [9.17, 15) is 0 Å². The van der Waals surface area contributed by atoms with Gasteiger partial charge in [0.2, 0.25) is 0 Å². The molecule has 0 atom stereocenters. The highest BCUT2D eigenvalue weighted by Crippen LogP contribution is 2.49. The molecule has 2 aromatic rings. The van der Waals surface area contributed by atoms with E-state index in [1.165, 1.54) is 19.6 Å². The van der Waals surface area contributed by atoms with Gasteiger partial charge in [0, 0.05) is 29.4 Å². The van der Waals surface area contributed by atoms with Gasteiger partial charge in [-0.2, -0.15) is 0 Å². The Labute approximate surface area is 114 Å². The molecule has 2 aromatic carbocycles. The van der Waals surface area contributed by atoms with Crippen LogP contribution < -0.4 is 0 Å². The molecule has 0 fully saturated rings. The molecule has 1 heterocycles. The van der Waals surface area contributed by atoms with Gasteiger partial charge in [0.1, 0.15) is 0 Å². The number of hydrogen-bond acceptors (Lipinski definition) is 4. The highest BCUT2D eigenvalue weighted by molar-refractivity contribution is 8.05. The van der Waals surface area contributed by atoms with Crippen molar-refractivity contribution in [2.75, 3.05) is 0 Å². The van der Waals surface area contributed by atoms with Crippen LogP contribution in [0.5, 0.6) is 0 Å². The lowest BCUT2D eigenvalue weighted by atomic mass is 10.3. The van der Waals surface area contributed by atoms with Gasteiger partial charge in [0.15, 0.2) is 0 Å². The summed E-state index contributed by atoms with van der Waals surface area (Å²) < 4.78 is 0. The molecule has 0 saturated carbocycles. The van der Waals surface area contributed by atoms with Gasteiger partial charge < -0.3 is 0 Å². The molecule has 0 aliphatic carbocycles. The zero-order valence-electron chi connectivity index (χ0n) is 8.18. The van der Waals surface area contributed by atoms with Crippen molar-refractivity contribution in [3.63, 3.8) is 0 Å². The van der Waals surface area contributed by atoms with Crippen LogP contribution in [0.15, 0.2) is 65.8 Å². The molecule has 0 N–H and O–H groups in total. The van der Waals surface area contributed by atoms with E-state index in [0.717, 1.165) is 9.79 Å². The minimum atomic E-state index is 1.01. The van der Waals surface area contributed by atoms with Gasteiger partial charge in [-0.25, -0.2) is 0 Å². The SMILES string of the molecule is Sc1ccc2c(c1)Sc1ccc(S)cc1S2. The van der Waals surface area contributed by atoms with Crippen molar-refractivity contribution in [1.82, 2.24) is 0 Å². The molecular formula is C12H8S4. The molecule has 80 valence electrons. The highest BCUT2D eigenvalue weighted by Gasteiger charge is 2.16. The van der Waals surface area contributed by atoms with E-state index in [-0.39, 0.29) is 0 Å². The van der Waals surface area contributed by atoms with Crippen molar-refractivity contribution in [2.24, 2.45) is 0 Å². The Hall–Kier alpha value is -0.160. The summed E-state index contributed by atoms with van der Waals surface area (Å²) >= 11 is 12.3. The number of thiol groups is 2. The van der Waals surface area contributed by atoms with Crippen LogP contribution >= 0.6 is 48.8 Å². The number of fused-ring (bicyclic) bond motifs is 2. The summed E-state index contributed by atoms with van der Waals surface area (Å²) in [6.45, 7) is 0. The average Bonchev–Trinajstić information content (AvgIpc) is 2.26. The Balaban J connectivity index is 2.09. The predicted molar refractivity (Wildman–Crippen MR) is 75.6 cm³/mol. The quantitative estimate of drug-likeness (QED) is 0.563. The molecule has 16 heavy (non-hydrogen) atoms. The summed E-state index contributed by atoms with van der Waals surface area (Å²) in [5, 5.41) is 0. The number of rotatable bonds is 0. The Kier molecular flexibility index (Phi) is 2.92. The number of benzene rings is 2. The van der Waals surface area contributed by atoms with E-state index >= 15 is 0 Å². The molecule has 0 bridgehead atoms. The van der Waals surface area contributed by atoms with E-state index in [0.29, 0.717) is 0 Å². The fraction of sp³-hybridized carbons (Fsp3) is 0. The number of hydrogen-bond donors (Lipinski definition) is 2. The largest absolute Gasteiger partial charge is 0.143 e. The standard InChI is InChI=1S/C12H8S4/c13-7-1-3-9-11(5-7)16-10-4-2-8(14)6-12(10)15-9/h1-6,13-14H. The molecule has 4 heteroatoms. The van der Waals surface area contributed by atoms with E-state index in [4.69, 9.17) is 0 Å². The second-order valence-electron chi connectivity index (χ2n) is 3.47. The van der Waals surface area contributed by atoms with Crippen LogP contribution in [0.1, 0.15) is 0 Å². The Bertz CT molecular complexity index is 511. The first-order valence-electron chi connectivity index (χ1n) is 4.74. The smallest absolute Gasteiger partial charge is 0.0273 e. The first kappa shape index (κ1) is 11.0. The minimum absolute atomic E-state index is 1.01. The molecule has 0 spiro atoms. The molecule has 3 rings (SSSR count). The van der Waals surface area contributed by atoms with Gasteiger partial charge in [-0.3, -0.25) is 0 Å². The Morgan fingerprint density at radius 1 is 0.625 bits per heavy atom. The second-order valence-corrected chi connectivity index (χ2v) is 6.67. The van der Waals surface area contributed by atoms with Crippen molar-refractivity contribution in [1.29, 1.82) is 0 Å². The fourth-order valence-corrected chi connectivity index (χ4v) is 4.41. The predicted octanol–water partition coefficient (Wildman–Crippen LogP) is 4.88. The van der Waals surface area contributed by atoms with E-state index in [1.807, 2.05) is 12.1 Å². The average molecular weight is 280 g/mol. The van der Waals surface area contributed by atoms with Crippen molar-refractivity contribution < 1.29 is 0 Å². The third kappa shape index (κ3) is 1.99. The van der Waals surface area contributed by atoms with E-state index in [2.05, 4.69) is 49.5 Å². The molecule has 1 aliphatic heterocycles. The topological polar surface area (TPSA) is 0 Å². The maximum Gasteiger partial charge on any atom is 0.0273 e. The first-order chi connectivity index (χ1) is 7.72. The lowest BCUT2D eigenvalue weighted by Gasteiger charge is -2.18. The highest BCUT2D eigenvalue weighted by atomic mass is 32.2. The van der Waals surface area contributed by atoms with Crippen LogP contribution in [0.4, 0.5) is 0 Å². The summed E-state index contributed by atoms with van der Waals surface area (Å²) in [4.78, 5) is 7.21. The second kappa shape index (κ2) is 4.26. The third-order valence-corrected chi connectivity index (χ3v) is 5.38. The lowest BCUT2D eigenvalue weighted by Crippen LogP contribution is -1.89. The zero-order chi connectivity index (χ0) is 11.1. The molecule has 0 nitrogen and oxygen atoms in total. The van der Waals surface area contributed by atoms with Crippen LogP contribution in [-0.2, 0) is 0 Å². The minimum Gasteiger partial charge on any atom is -0.143 e. The van der Waals surface area contributed by atoms with Crippen LogP contribution in [-0.4, -0.2) is 0 Å². The van der Waals surface area contributed by atoms with E-state index < -0.39 is 0 Å². The van der Waals surface area contributed by atoms with Crippen molar-refractivity contribution >= 4 is 48.8 Å². The normalized spacial score (nSPS) is 13.1. The first-order valence-corrected chi connectivity index (χ1v) is 7.27. The molecule has 0 unspecified atom stereocenters. The summed E-state index contributed by atoms with van der Waals surface area (Å²) in [7, 11) is 0. The third-order valence-electron chi connectivity index (χ3n) is 2.29. The Morgan fingerprint density at radius 2 is 1.06 bits per heavy atom. The summed E-state index contributed by atoms with van der Waals surface area (Å²) in [5.74, 6) is 0. The van der Waals surface area contributed by atoms with Crippen molar-refractivity contribution in [2.45, 2.75) is 29.4 Å². The molecular weight excluding hydrogens is 272 g/mol. The molecule has 0 radical (unpaired) electrons. The van der Waals surface area contributed by atoms with Gasteiger partial charge >= 0.3 is 0 Å². The van der Waals surface area contributed by atoms with E-state index in [1.54, 1.807) is 23.5 Å². The van der Waals surface area contributed by atoms with Crippen LogP contribution in [0.25, 0.3) is 0 Å². The molecule has 0 aromatic heterocycles. The fourth-order valence-electron chi connectivity index (χ4n) is 1.56. The monoisotopic (exact) mass is 280 g/mol. The zero-order valence-corrected chi connectivity index (χ0v) is 11.6. The maximum atomic E-state index is 4.37. The summed E-state index contributed by atoms with van der Waals surface area (Å²) in [5.41, 5.74) is 0. The molecule has 0 saturated heterocycles. The van der Waals surface area contributed by atoms with Crippen LogP contribution in [0.2, 0.25) is 0 Å². The maximum absolute atomic E-state index is 4.37. The Morgan fingerprint density at radius 3 is 1.50 bits per heavy atom. The van der Waals surface area contributed by atoms with Gasteiger partial charge in [0.05, 0.1) is 0 Å². The van der Waals surface area contributed by atoms with Crippen LogP contribution in [0.3, 0.4) is 0 Å². The van der Waals surface area contributed by atoms with Crippen LogP contribution in [0, 0.1) is 0 Å². The van der Waals surface area contributed by atoms with Gasteiger partial charge in [-0.1, -0.05) is 23.5 Å². The summed E-state index contributed by atoms with van der Waals surface area (Å²) in [6.07, 6.45) is 0. The van der Waals surface area contributed by atoms with Gasteiger partial charge in [-0.05, 0) is 36.4 Å². The lowest BCUT2D eigenvalue weighted by molar-refractivity contribution is 1.11. The van der Waals surface area contributed by atoms with Crippen molar-refractivity contribution in [3.8, 4) is 0 Å². The van der Waals surface area contributed by atoms with Crippen molar-refractivity contribution in [3.05, 3.63) is 36.4 Å². The summed E-state index contributed by atoms with van der Waals surface area (Å²) in [6, 6.07) is 12.6.